The van der Waals surface area contributed by atoms with Crippen molar-refractivity contribution in [2.45, 2.75) is 18.4 Å². The second-order valence-electron chi connectivity index (χ2n) is 6.38. The number of halogens is 3. The molecule has 1 unspecified atom stereocenters. The first-order valence-corrected chi connectivity index (χ1v) is 8.56. The van der Waals surface area contributed by atoms with E-state index in [2.05, 4.69) is 20.7 Å². The molecule has 0 aromatic heterocycles. The van der Waals surface area contributed by atoms with Gasteiger partial charge < -0.3 is 25.4 Å². The largest absolute Gasteiger partial charge is 0.573 e. The van der Waals surface area contributed by atoms with E-state index in [4.69, 9.17) is 4.74 Å². The number of carbonyl (C=O) groups excluding carboxylic acids is 1. The lowest BCUT2D eigenvalue weighted by Crippen LogP contribution is -2.48. The Labute approximate surface area is 160 Å². The first kappa shape index (κ1) is 19.8. The molecule has 1 heterocycles. The molecule has 3 N–H and O–H groups in total. The highest BCUT2D eigenvalue weighted by atomic mass is 19.4. The molecule has 6 nitrogen and oxygen atoms in total. The smallest absolute Gasteiger partial charge is 0.496 e. The average Bonchev–Trinajstić information content (AvgIpc) is 3.03. The van der Waals surface area contributed by atoms with E-state index in [0.717, 1.165) is 5.56 Å². The molecule has 0 spiro atoms. The summed E-state index contributed by atoms with van der Waals surface area (Å²) < 4.78 is 46.6. The fourth-order valence-corrected chi connectivity index (χ4v) is 3.18. The highest BCUT2D eigenvalue weighted by Gasteiger charge is 2.39. The molecule has 0 bridgehead atoms. The van der Waals surface area contributed by atoms with E-state index in [-0.39, 0.29) is 18.3 Å². The van der Waals surface area contributed by atoms with Crippen molar-refractivity contribution in [2.75, 3.05) is 20.2 Å². The Morgan fingerprint density at radius 3 is 2.54 bits per heavy atom. The molecule has 150 valence electrons. The van der Waals surface area contributed by atoms with Crippen LogP contribution < -0.4 is 25.4 Å². The zero-order chi connectivity index (χ0) is 20.2. The molecule has 1 aliphatic heterocycles. The summed E-state index contributed by atoms with van der Waals surface area (Å²) in [4.78, 5) is 11.8. The van der Waals surface area contributed by atoms with Gasteiger partial charge in [-0.05, 0) is 23.8 Å². The van der Waals surface area contributed by atoms with Gasteiger partial charge in [0.25, 0.3) is 0 Å². The summed E-state index contributed by atoms with van der Waals surface area (Å²) in [6.07, 6.45) is -4.77. The van der Waals surface area contributed by atoms with Gasteiger partial charge in [-0.25, -0.2) is 4.79 Å². The Kier molecular flexibility index (Phi) is 5.64. The zero-order valence-corrected chi connectivity index (χ0v) is 15.1. The van der Waals surface area contributed by atoms with E-state index in [1.54, 1.807) is 0 Å². The molecule has 1 atom stereocenters. The molecule has 1 saturated heterocycles. The maximum absolute atomic E-state index is 12.5. The lowest BCUT2D eigenvalue weighted by Gasteiger charge is -2.29. The van der Waals surface area contributed by atoms with Gasteiger partial charge in [-0.1, -0.05) is 30.3 Å². The Hall–Kier alpha value is -2.94. The van der Waals surface area contributed by atoms with Gasteiger partial charge in [0, 0.05) is 25.2 Å². The maximum atomic E-state index is 12.5. The summed E-state index contributed by atoms with van der Waals surface area (Å²) in [6.45, 7) is 0.975. The van der Waals surface area contributed by atoms with Gasteiger partial charge in [0.15, 0.2) is 0 Å². The summed E-state index contributed by atoms with van der Waals surface area (Å²) in [7, 11) is 1.44. The maximum Gasteiger partial charge on any atom is 0.573 e. The fourth-order valence-electron chi connectivity index (χ4n) is 3.18. The number of nitrogens with one attached hydrogen (secondary N) is 3. The summed E-state index contributed by atoms with van der Waals surface area (Å²) >= 11 is 0. The normalized spacial score (nSPS) is 19.1. The molecule has 0 saturated carbocycles. The standard InChI is InChI=1S/C19H20F3N3O3/c1-27-16-8-7-15(28-19(20,21)22)9-13(16)10-23-11-18(12-24-17(26)25-18)14-5-3-2-4-6-14/h2-9,23H,10-12H2,1H3,(H2,24,25,26). The van der Waals surface area contributed by atoms with Crippen molar-refractivity contribution < 1.29 is 27.4 Å². The van der Waals surface area contributed by atoms with Gasteiger partial charge in [-0.3, -0.25) is 0 Å². The fraction of sp³-hybridized carbons (Fsp3) is 0.316. The van der Waals surface area contributed by atoms with Gasteiger partial charge in [0.2, 0.25) is 0 Å². The Morgan fingerprint density at radius 1 is 1.18 bits per heavy atom. The third kappa shape index (κ3) is 4.66. The van der Waals surface area contributed by atoms with Gasteiger partial charge in [-0.15, -0.1) is 13.2 Å². The lowest BCUT2D eigenvalue weighted by molar-refractivity contribution is -0.274. The first-order chi connectivity index (χ1) is 13.3. The van der Waals surface area contributed by atoms with Crippen molar-refractivity contribution in [3.05, 3.63) is 59.7 Å². The minimum atomic E-state index is -4.77. The van der Waals surface area contributed by atoms with Crippen LogP contribution in [0.1, 0.15) is 11.1 Å². The average molecular weight is 395 g/mol. The molecular formula is C19H20F3N3O3. The number of rotatable bonds is 7. The number of carbonyl (C=O) groups is 1. The molecule has 1 fully saturated rings. The summed E-state index contributed by atoms with van der Waals surface area (Å²) in [5.74, 6) is 0.114. The van der Waals surface area contributed by atoms with Crippen molar-refractivity contribution in [1.82, 2.24) is 16.0 Å². The van der Waals surface area contributed by atoms with Crippen LogP contribution in [0.15, 0.2) is 48.5 Å². The van der Waals surface area contributed by atoms with E-state index in [9.17, 15) is 18.0 Å². The highest BCUT2D eigenvalue weighted by Crippen LogP contribution is 2.29. The minimum Gasteiger partial charge on any atom is -0.496 e. The quantitative estimate of drug-likeness (QED) is 0.674. The van der Waals surface area contributed by atoms with E-state index in [1.165, 1.54) is 25.3 Å². The van der Waals surface area contributed by atoms with Crippen LogP contribution in [0.5, 0.6) is 11.5 Å². The second-order valence-corrected chi connectivity index (χ2v) is 6.38. The summed E-state index contributed by atoms with van der Waals surface area (Å²) in [6, 6.07) is 13.1. The predicted molar refractivity (Wildman–Crippen MR) is 96.0 cm³/mol. The number of amides is 2. The van der Waals surface area contributed by atoms with Crippen LogP contribution in [0.3, 0.4) is 0 Å². The van der Waals surface area contributed by atoms with Crippen molar-refractivity contribution >= 4 is 6.03 Å². The summed E-state index contributed by atoms with van der Waals surface area (Å²) in [5.41, 5.74) is 0.762. The molecule has 28 heavy (non-hydrogen) atoms. The number of alkyl halides is 3. The number of ether oxygens (including phenoxy) is 2. The third-order valence-electron chi connectivity index (χ3n) is 4.46. The van der Waals surface area contributed by atoms with Crippen LogP contribution in [-0.2, 0) is 12.1 Å². The number of hydrogen-bond acceptors (Lipinski definition) is 4. The third-order valence-corrected chi connectivity index (χ3v) is 4.46. The first-order valence-electron chi connectivity index (χ1n) is 8.56. The van der Waals surface area contributed by atoms with Crippen LogP contribution in [-0.4, -0.2) is 32.6 Å². The van der Waals surface area contributed by atoms with Crippen molar-refractivity contribution in [2.24, 2.45) is 0 Å². The van der Waals surface area contributed by atoms with E-state index in [1.807, 2.05) is 30.3 Å². The van der Waals surface area contributed by atoms with Crippen LogP contribution in [0, 0.1) is 0 Å². The van der Waals surface area contributed by atoms with E-state index >= 15 is 0 Å². The monoisotopic (exact) mass is 395 g/mol. The molecule has 3 rings (SSSR count). The Morgan fingerprint density at radius 2 is 1.93 bits per heavy atom. The van der Waals surface area contributed by atoms with E-state index in [0.29, 0.717) is 24.4 Å². The molecule has 2 aromatic rings. The van der Waals surface area contributed by atoms with Crippen LogP contribution >= 0.6 is 0 Å². The molecule has 2 amide bonds. The van der Waals surface area contributed by atoms with Gasteiger partial charge in [0.1, 0.15) is 11.5 Å². The van der Waals surface area contributed by atoms with Gasteiger partial charge in [0.05, 0.1) is 12.6 Å². The van der Waals surface area contributed by atoms with Crippen molar-refractivity contribution in [3.63, 3.8) is 0 Å². The lowest BCUT2D eigenvalue weighted by atomic mass is 9.90. The summed E-state index contributed by atoms with van der Waals surface area (Å²) in [5, 5.41) is 8.88. The number of hydrogen-bond donors (Lipinski definition) is 3. The van der Waals surface area contributed by atoms with Crippen LogP contribution in [0.25, 0.3) is 0 Å². The molecule has 9 heteroatoms. The zero-order valence-electron chi connectivity index (χ0n) is 15.1. The van der Waals surface area contributed by atoms with Crippen molar-refractivity contribution in [1.29, 1.82) is 0 Å². The van der Waals surface area contributed by atoms with Crippen LogP contribution in [0.4, 0.5) is 18.0 Å². The Balaban J connectivity index is 1.74. The molecule has 0 radical (unpaired) electrons. The molecule has 2 aromatic carbocycles. The second kappa shape index (κ2) is 7.97. The SMILES string of the molecule is COc1ccc(OC(F)(F)F)cc1CNCC1(c2ccccc2)CNC(=O)N1. The Bertz CT molecular complexity index is 830. The van der Waals surface area contributed by atoms with Crippen molar-refractivity contribution in [3.8, 4) is 11.5 Å². The van der Waals surface area contributed by atoms with E-state index < -0.39 is 11.9 Å². The molecule has 1 aliphatic rings. The number of methoxy groups -OCH3 is 1. The van der Waals surface area contributed by atoms with Crippen LogP contribution in [0.2, 0.25) is 0 Å². The number of benzene rings is 2. The van der Waals surface area contributed by atoms with Gasteiger partial charge in [-0.2, -0.15) is 0 Å². The molecule has 0 aliphatic carbocycles. The predicted octanol–water partition coefficient (Wildman–Crippen LogP) is 2.89. The number of urea groups is 1. The highest BCUT2D eigenvalue weighted by molar-refractivity contribution is 5.78. The minimum absolute atomic E-state index is 0.225. The molecular weight excluding hydrogens is 375 g/mol. The topological polar surface area (TPSA) is 71.6 Å². The van der Waals surface area contributed by atoms with Gasteiger partial charge >= 0.3 is 12.4 Å².